The summed E-state index contributed by atoms with van der Waals surface area (Å²) >= 11 is 0. The number of aliphatic hydroxyl groups is 1. The monoisotopic (exact) mass is 255 g/mol. The maximum absolute atomic E-state index is 10.0. The number of benzene rings is 2. The Bertz CT molecular complexity index is 478. The minimum absolute atomic E-state index is 0.399. The van der Waals surface area contributed by atoms with E-state index in [4.69, 9.17) is 0 Å². The van der Waals surface area contributed by atoms with E-state index in [-0.39, 0.29) is 0 Å². The summed E-state index contributed by atoms with van der Waals surface area (Å²) in [6.07, 6.45) is 1.37. The molecule has 0 saturated carbocycles. The molecule has 0 aliphatic carbocycles. The topological polar surface area (TPSA) is 32.3 Å². The van der Waals surface area contributed by atoms with E-state index in [1.54, 1.807) is 0 Å². The van der Waals surface area contributed by atoms with Crippen molar-refractivity contribution >= 4 is 5.69 Å². The first-order valence-corrected chi connectivity index (χ1v) is 6.85. The van der Waals surface area contributed by atoms with Crippen molar-refractivity contribution in [2.75, 3.05) is 11.9 Å². The zero-order valence-corrected chi connectivity index (χ0v) is 11.3. The summed E-state index contributed by atoms with van der Waals surface area (Å²) in [5, 5.41) is 13.4. The molecule has 0 aromatic heterocycles. The van der Waals surface area contributed by atoms with Gasteiger partial charge in [0.15, 0.2) is 0 Å². The van der Waals surface area contributed by atoms with Crippen molar-refractivity contribution in [2.24, 2.45) is 0 Å². The van der Waals surface area contributed by atoms with Crippen LogP contribution >= 0.6 is 0 Å². The van der Waals surface area contributed by atoms with Gasteiger partial charge in [-0.1, -0.05) is 49.4 Å². The Morgan fingerprint density at radius 1 is 1.00 bits per heavy atom. The van der Waals surface area contributed by atoms with Gasteiger partial charge in [0.2, 0.25) is 0 Å². The highest BCUT2D eigenvalue weighted by Gasteiger charge is 2.05. The van der Waals surface area contributed by atoms with E-state index >= 15 is 0 Å². The number of anilines is 1. The number of rotatable bonds is 6. The van der Waals surface area contributed by atoms with Crippen molar-refractivity contribution in [1.29, 1.82) is 0 Å². The number of aliphatic hydroxyl groups excluding tert-OH is 1. The van der Waals surface area contributed by atoms with Gasteiger partial charge >= 0.3 is 0 Å². The van der Waals surface area contributed by atoms with Crippen molar-refractivity contribution in [2.45, 2.75) is 25.9 Å². The molecule has 100 valence electrons. The van der Waals surface area contributed by atoms with Gasteiger partial charge in [0.05, 0.1) is 6.10 Å². The zero-order valence-electron chi connectivity index (χ0n) is 11.3. The van der Waals surface area contributed by atoms with E-state index in [0.717, 1.165) is 24.2 Å². The first-order chi connectivity index (χ1) is 9.29. The van der Waals surface area contributed by atoms with Gasteiger partial charge in [-0.3, -0.25) is 0 Å². The highest BCUT2D eigenvalue weighted by molar-refractivity contribution is 5.44. The first-order valence-electron chi connectivity index (χ1n) is 6.85. The minimum atomic E-state index is -0.399. The molecular weight excluding hydrogens is 234 g/mol. The van der Waals surface area contributed by atoms with Crippen LogP contribution in [0.1, 0.15) is 30.6 Å². The molecule has 0 bridgehead atoms. The first kappa shape index (κ1) is 13.6. The SMILES string of the molecule is CCc1ccc(NCCC(O)c2ccccc2)cc1. The summed E-state index contributed by atoms with van der Waals surface area (Å²) in [6, 6.07) is 18.2. The molecule has 2 aromatic carbocycles. The highest BCUT2D eigenvalue weighted by Crippen LogP contribution is 2.16. The van der Waals surface area contributed by atoms with Crippen LogP contribution in [0, 0.1) is 0 Å². The highest BCUT2D eigenvalue weighted by atomic mass is 16.3. The Morgan fingerprint density at radius 2 is 1.68 bits per heavy atom. The Kier molecular flexibility index (Phi) is 4.99. The van der Waals surface area contributed by atoms with Crippen LogP contribution in [0.3, 0.4) is 0 Å². The van der Waals surface area contributed by atoms with Gasteiger partial charge in [0, 0.05) is 12.2 Å². The van der Waals surface area contributed by atoms with Crippen LogP contribution in [0.4, 0.5) is 5.69 Å². The number of nitrogens with one attached hydrogen (secondary N) is 1. The smallest absolute Gasteiger partial charge is 0.0806 e. The average molecular weight is 255 g/mol. The second-order valence-electron chi connectivity index (χ2n) is 4.69. The van der Waals surface area contributed by atoms with Gasteiger partial charge < -0.3 is 10.4 Å². The normalized spacial score (nSPS) is 12.1. The lowest BCUT2D eigenvalue weighted by molar-refractivity contribution is 0.171. The standard InChI is InChI=1S/C17H21NO/c1-2-14-8-10-16(11-9-14)18-13-12-17(19)15-6-4-3-5-7-15/h3-11,17-19H,2,12-13H2,1H3. The lowest BCUT2D eigenvalue weighted by Gasteiger charge is -2.12. The van der Waals surface area contributed by atoms with Crippen molar-refractivity contribution in [3.05, 3.63) is 65.7 Å². The van der Waals surface area contributed by atoms with E-state index in [9.17, 15) is 5.11 Å². The van der Waals surface area contributed by atoms with Gasteiger partial charge in [0.1, 0.15) is 0 Å². The lowest BCUT2D eigenvalue weighted by Crippen LogP contribution is -2.07. The predicted octanol–water partition coefficient (Wildman–Crippen LogP) is 3.78. The fraction of sp³-hybridized carbons (Fsp3) is 0.294. The molecule has 0 radical (unpaired) electrons. The Hall–Kier alpha value is -1.80. The molecule has 0 amide bonds. The molecule has 1 atom stereocenters. The molecule has 2 N–H and O–H groups in total. The molecule has 2 rings (SSSR count). The van der Waals surface area contributed by atoms with Gasteiger partial charge in [-0.2, -0.15) is 0 Å². The summed E-state index contributed by atoms with van der Waals surface area (Å²) < 4.78 is 0. The zero-order chi connectivity index (χ0) is 13.5. The van der Waals surface area contributed by atoms with Crippen molar-refractivity contribution in [3.63, 3.8) is 0 Å². The summed E-state index contributed by atoms with van der Waals surface area (Å²) in [5.74, 6) is 0. The quantitative estimate of drug-likeness (QED) is 0.823. The van der Waals surface area contributed by atoms with Crippen LogP contribution in [0.5, 0.6) is 0 Å². The van der Waals surface area contributed by atoms with Crippen molar-refractivity contribution in [1.82, 2.24) is 0 Å². The van der Waals surface area contributed by atoms with E-state index < -0.39 is 6.10 Å². The molecule has 0 fully saturated rings. The maximum Gasteiger partial charge on any atom is 0.0806 e. The third kappa shape index (κ3) is 4.11. The number of aryl methyl sites for hydroxylation is 1. The van der Waals surface area contributed by atoms with Crippen LogP contribution in [-0.4, -0.2) is 11.7 Å². The van der Waals surface area contributed by atoms with Crippen LogP contribution in [0.15, 0.2) is 54.6 Å². The van der Waals surface area contributed by atoms with Crippen LogP contribution in [-0.2, 0) is 6.42 Å². The second kappa shape index (κ2) is 6.95. The fourth-order valence-electron chi connectivity index (χ4n) is 2.05. The van der Waals surface area contributed by atoms with Gasteiger partial charge in [-0.15, -0.1) is 0 Å². The molecule has 0 aliphatic rings. The molecule has 0 aliphatic heterocycles. The average Bonchev–Trinajstić information content (AvgIpc) is 2.49. The predicted molar refractivity (Wildman–Crippen MR) is 80.3 cm³/mol. The van der Waals surface area contributed by atoms with Crippen LogP contribution in [0.2, 0.25) is 0 Å². The maximum atomic E-state index is 10.0. The summed E-state index contributed by atoms with van der Waals surface area (Å²) in [7, 11) is 0. The number of hydrogen-bond acceptors (Lipinski definition) is 2. The second-order valence-corrected chi connectivity index (χ2v) is 4.69. The van der Waals surface area contributed by atoms with E-state index in [1.165, 1.54) is 5.56 Å². The summed E-state index contributed by atoms with van der Waals surface area (Å²) in [5.41, 5.74) is 3.43. The summed E-state index contributed by atoms with van der Waals surface area (Å²) in [4.78, 5) is 0. The fourth-order valence-corrected chi connectivity index (χ4v) is 2.05. The largest absolute Gasteiger partial charge is 0.388 e. The lowest BCUT2D eigenvalue weighted by atomic mass is 10.1. The van der Waals surface area contributed by atoms with Crippen LogP contribution in [0.25, 0.3) is 0 Å². The van der Waals surface area contributed by atoms with Crippen LogP contribution < -0.4 is 5.32 Å². The number of hydrogen-bond donors (Lipinski definition) is 2. The van der Waals surface area contributed by atoms with E-state index in [1.807, 2.05) is 30.3 Å². The molecule has 0 spiro atoms. The molecule has 2 nitrogen and oxygen atoms in total. The van der Waals surface area contributed by atoms with Gasteiger partial charge in [-0.05, 0) is 36.1 Å². The Morgan fingerprint density at radius 3 is 2.32 bits per heavy atom. The molecule has 1 unspecified atom stereocenters. The molecule has 2 aromatic rings. The van der Waals surface area contributed by atoms with E-state index in [2.05, 4.69) is 36.5 Å². The van der Waals surface area contributed by atoms with Gasteiger partial charge in [0.25, 0.3) is 0 Å². The molecular formula is C17H21NO. The Balaban J connectivity index is 1.79. The van der Waals surface area contributed by atoms with Crippen molar-refractivity contribution in [3.8, 4) is 0 Å². The van der Waals surface area contributed by atoms with E-state index in [0.29, 0.717) is 6.42 Å². The molecule has 0 heterocycles. The molecule has 19 heavy (non-hydrogen) atoms. The third-order valence-corrected chi connectivity index (χ3v) is 3.29. The molecule has 0 saturated heterocycles. The van der Waals surface area contributed by atoms with Gasteiger partial charge in [-0.25, -0.2) is 0 Å². The molecule has 2 heteroatoms. The minimum Gasteiger partial charge on any atom is -0.388 e. The van der Waals surface area contributed by atoms with Crippen molar-refractivity contribution < 1.29 is 5.11 Å². The third-order valence-electron chi connectivity index (χ3n) is 3.29. The Labute approximate surface area is 115 Å². The summed E-state index contributed by atoms with van der Waals surface area (Å²) in [6.45, 7) is 2.92.